The fourth-order valence-corrected chi connectivity index (χ4v) is 2.79. The number of benzene rings is 1. The molecular formula is C17H28FN3. The molecule has 1 saturated heterocycles. The summed E-state index contributed by atoms with van der Waals surface area (Å²) in [5, 5.41) is 3.31. The normalized spacial score (nSPS) is 15.7. The summed E-state index contributed by atoms with van der Waals surface area (Å²) in [5.74, 6) is -0.0998. The topological polar surface area (TPSA) is 18.5 Å². The summed E-state index contributed by atoms with van der Waals surface area (Å²) in [6, 6.07) is 5.59. The zero-order valence-corrected chi connectivity index (χ0v) is 13.4. The molecule has 3 nitrogen and oxygen atoms in total. The first kappa shape index (κ1) is 16.2. The summed E-state index contributed by atoms with van der Waals surface area (Å²) in [6.07, 6.45) is 2.44. The van der Waals surface area contributed by atoms with Crippen LogP contribution in [-0.4, -0.2) is 44.2 Å². The van der Waals surface area contributed by atoms with E-state index in [9.17, 15) is 4.39 Å². The number of nitrogens with one attached hydrogen (secondary N) is 1. The van der Waals surface area contributed by atoms with E-state index in [1.165, 1.54) is 18.4 Å². The van der Waals surface area contributed by atoms with Gasteiger partial charge in [0, 0.05) is 32.7 Å². The molecule has 2 rings (SSSR count). The van der Waals surface area contributed by atoms with Gasteiger partial charge in [-0.25, -0.2) is 4.39 Å². The van der Waals surface area contributed by atoms with Crippen LogP contribution in [0.25, 0.3) is 0 Å². The smallest absolute Gasteiger partial charge is 0.146 e. The summed E-state index contributed by atoms with van der Waals surface area (Å²) in [6.45, 7) is 11.1. The van der Waals surface area contributed by atoms with E-state index in [-0.39, 0.29) is 5.82 Å². The quantitative estimate of drug-likeness (QED) is 0.834. The van der Waals surface area contributed by atoms with Crippen LogP contribution in [0, 0.1) is 5.82 Å². The second kappa shape index (κ2) is 8.35. The predicted octanol–water partition coefficient (Wildman–Crippen LogP) is 2.86. The average molecular weight is 293 g/mol. The highest BCUT2D eigenvalue weighted by Crippen LogP contribution is 2.22. The van der Waals surface area contributed by atoms with Crippen molar-refractivity contribution >= 4 is 5.69 Å². The zero-order chi connectivity index (χ0) is 15.1. The van der Waals surface area contributed by atoms with Crippen molar-refractivity contribution < 1.29 is 4.39 Å². The Labute approximate surface area is 128 Å². The highest BCUT2D eigenvalue weighted by molar-refractivity contribution is 5.50. The molecule has 1 aliphatic heterocycles. The van der Waals surface area contributed by atoms with Gasteiger partial charge < -0.3 is 10.2 Å². The third kappa shape index (κ3) is 4.68. The van der Waals surface area contributed by atoms with E-state index < -0.39 is 0 Å². The van der Waals surface area contributed by atoms with E-state index in [4.69, 9.17) is 0 Å². The van der Waals surface area contributed by atoms with Crippen molar-refractivity contribution in [1.29, 1.82) is 0 Å². The first-order valence-electron chi connectivity index (χ1n) is 8.21. The standard InChI is InChI=1S/C17H28FN3/c1-3-5-10-20(4-2)14-15-6-7-16(18)17(13-15)21-11-8-19-9-12-21/h6-7,13,19H,3-5,8-12,14H2,1-2H3. The van der Waals surface area contributed by atoms with Gasteiger partial charge in [0.2, 0.25) is 0 Å². The number of rotatable bonds is 7. The maximum absolute atomic E-state index is 14.1. The SMILES string of the molecule is CCCCN(CC)Cc1ccc(F)c(N2CCNCC2)c1. The Morgan fingerprint density at radius 2 is 2.00 bits per heavy atom. The monoisotopic (exact) mass is 293 g/mol. The van der Waals surface area contributed by atoms with Crippen molar-refractivity contribution in [2.24, 2.45) is 0 Å². The number of nitrogens with zero attached hydrogens (tertiary/aromatic N) is 2. The van der Waals surface area contributed by atoms with Gasteiger partial charge in [-0.2, -0.15) is 0 Å². The number of piperazine rings is 1. The maximum Gasteiger partial charge on any atom is 0.146 e. The summed E-state index contributed by atoms with van der Waals surface area (Å²) < 4.78 is 14.1. The fraction of sp³-hybridized carbons (Fsp3) is 0.647. The molecule has 1 aromatic rings. The van der Waals surface area contributed by atoms with Crippen LogP contribution in [0.4, 0.5) is 10.1 Å². The minimum Gasteiger partial charge on any atom is -0.367 e. The molecule has 0 radical (unpaired) electrons. The van der Waals surface area contributed by atoms with Gasteiger partial charge in [-0.15, -0.1) is 0 Å². The van der Waals surface area contributed by atoms with Crippen LogP contribution in [0.3, 0.4) is 0 Å². The minimum atomic E-state index is -0.0998. The minimum absolute atomic E-state index is 0.0998. The molecule has 21 heavy (non-hydrogen) atoms. The van der Waals surface area contributed by atoms with Crippen molar-refractivity contribution in [3.05, 3.63) is 29.6 Å². The Kier molecular flexibility index (Phi) is 6.46. The highest BCUT2D eigenvalue weighted by atomic mass is 19.1. The summed E-state index contributed by atoms with van der Waals surface area (Å²) in [4.78, 5) is 4.58. The lowest BCUT2D eigenvalue weighted by atomic mass is 10.1. The fourth-order valence-electron chi connectivity index (χ4n) is 2.79. The second-order valence-corrected chi connectivity index (χ2v) is 5.75. The third-order valence-corrected chi connectivity index (χ3v) is 4.15. The number of unbranched alkanes of at least 4 members (excludes halogenated alkanes) is 1. The molecule has 1 aliphatic rings. The molecule has 0 bridgehead atoms. The Hall–Kier alpha value is -1.13. The maximum atomic E-state index is 14.1. The lowest BCUT2D eigenvalue weighted by molar-refractivity contribution is 0.275. The summed E-state index contributed by atoms with van der Waals surface area (Å²) >= 11 is 0. The molecule has 118 valence electrons. The average Bonchev–Trinajstić information content (AvgIpc) is 2.53. The molecule has 1 heterocycles. The van der Waals surface area contributed by atoms with E-state index in [1.54, 1.807) is 6.07 Å². The number of hydrogen-bond donors (Lipinski definition) is 1. The molecule has 0 spiro atoms. The van der Waals surface area contributed by atoms with E-state index in [2.05, 4.69) is 29.0 Å². The molecule has 0 aromatic heterocycles. The Morgan fingerprint density at radius 3 is 2.67 bits per heavy atom. The number of halogens is 1. The number of anilines is 1. The van der Waals surface area contributed by atoms with Gasteiger partial charge in [-0.05, 0) is 37.2 Å². The zero-order valence-electron chi connectivity index (χ0n) is 13.4. The Bertz CT molecular complexity index is 430. The van der Waals surface area contributed by atoms with Crippen molar-refractivity contribution in [3.63, 3.8) is 0 Å². The van der Waals surface area contributed by atoms with Crippen LogP contribution in [0.5, 0.6) is 0 Å². The van der Waals surface area contributed by atoms with Gasteiger partial charge in [0.15, 0.2) is 0 Å². The molecule has 1 fully saturated rings. The van der Waals surface area contributed by atoms with Gasteiger partial charge in [-0.3, -0.25) is 4.90 Å². The second-order valence-electron chi connectivity index (χ2n) is 5.75. The van der Waals surface area contributed by atoms with Crippen LogP contribution in [0.2, 0.25) is 0 Å². The molecule has 0 aliphatic carbocycles. The van der Waals surface area contributed by atoms with E-state index in [0.717, 1.165) is 51.5 Å². The summed E-state index contributed by atoms with van der Waals surface area (Å²) in [7, 11) is 0. The molecule has 0 saturated carbocycles. The van der Waals surface area contributed by atoms with Gasteiger partial charge in [-0.1, -0.05) is 26.3 Å². The van der Waals surface area contributed by atoms with Crippen LogP contribution < -0.4 is 10.2 Å². The predicted molar refractivity (Wildman–Crippen MR) is 87.3 cm³/mol. The molecule has 4 heteroatoms. The van der Waals surface area contributed by atoms with Crippen LogP contribution >= 0.6 is 0 Å². The molecule has 0 atom stereocenters. The van der Waals surface area contributed by atoms with Gasteiger partial charge in [0.1, 0.15) is 5.82 Å². The van der Waals surface area contributed by atoms with Gasteiger partial charge in [0.05, 0.1) is 5.69 Å². The largest absolute Gasteiger partial charge is 0.367 e. The number of hydrogen-bond acceptors (Lipinski definition) is 3. The van der Waals surface area contributed by atoms with Gasteiger partial charge >= 0.3 is 0 Å². The van der Waals surface area contributed by atoms with Crippen molar-refractivity contribution in [1.82, 2.24) is 10.2 Å². The first-order chi connectivity index (χ1) is 10.2. The van der Waals surface area contributed by atoms with Gasteiger partial charge in [0.25, 0.3) is 0 Å². The molecule has 0 amide bonds. The molecule has 1 aromatic carbocycles. The van der Waals surface area contributed by atoms with Crippen molar-refractivity contribution in [2.75, 3.05) is 44.2 Å². The first-order valence-corrected chi connectivity index (χ1v) is 8.21. The molecule has 1 N–H and O–H groups in total. The van der Waals surface area contributed by atoms with Crippen LogP contribution in [0.15, 0.2) is 18.2 Å². The van der Waals surface area contributed by atoms with E-state index in [1.807, 2.05) is 12.1 Å². The van der Waals surface area contributed by atoms with Crippen molar-refractivity contribution in [2.45, 2.75) is 33.2 Å². The molecular weight excluding hydrogens is 265 g/mol. The Morgan fingerprint density at radius 1 is 1.24 bits per heavy atom. The lowest BCUT2D eigenvalue weighted by Gasteiger charge is -2.30. The third-order valence-electron chi connectivity index (χ3n) is 4.15. The highest BCUT2D eigenvalue weighted by Gasteiger charge is 2.15. The van der Waals surface area contributed by atoms with Crippen LogP contribution in [-0.2, 0) is 6.54 Å². The lowest BCUT2D eigenvalue weighted by Crippen LogP contribution is -2.43. The van der Waals surface area contributed by atoms with E-state index >= 15 is 0 Å². The Balaban J connectivity index is 2.06. The summed E-state index contributed by atoms with van der Waals surface area (Å²) in [5.41, 5.74) is 1.98. The van der Waals surface area contributed by atoms with Crippen LogP contribution in [0.1, 0.15) is 32.3 Å². The molecule has 0 unspecified atom stereocenters. The van der Waals surface area contributed by atoms with Crippen molar-refractivity contribution in [3.8, 4) is 0 Å². The van der Waals surface area contributed by atoms with E-state index in [0.29, 0.717) is 0 Å².